The maximum atomic E-state index is 9.97. The molecule has 1 aliphatic heterocycles. The number of hydrogen-bond acceptors (Lipinski definition) is 14. The second-order valence-electron chi connectivity index (χ2n) is 13.7. The minimum atomic E-state index is -1.26. The van der Waals surface area contributed by atoms with Gasteiger partial charge < -0.3 is 35.8 Å². The van der Waals surface area contributed by atoms with Crippen molar-refractivity contribution in [3.05, 3.63) is 103 Å². The molecule has 316 valence electrons. The number of nitrogen functional groups attached to an aromatic ring is 1. The van der Waals surface area contributed by atoms with Gasteiger partial charge in [-0.05, 0) is 81.3 Å². The summed E-state index contributed by atoms with van der Waals surface area (Å²) in [5, 5.41) is 47.9. The number of nitriles is 1. The van der Waals surface area contributed by atoms with Gasteiger partial charge in [0.1, 0.15) is 46.0 Å². The molecule has 1 aliphatic carbocycles. The number of ether oxygens (including phenoxy) is 1. The van der Waals surface area contributed by atoms with Gasteiger partial charge in [-0.3, -0.25) is 4.90 Å². The number of pyridine rings is 1. The molecule has 3 aromatic heterocycles. The topological polar surface area (TPSA) is 271 Å². The molecule has 6 N–H and O–H groups in total. The predicted molar refractivity (Wildman–Crippen MR) is 224 cm³/mol. The number of aliphatic carboxylic acids is 4. The average molecular weight is 850 g/mol. The lowest BCUT2D eigenvalue weighted by Crippen LogP contribution is -2.49. The second-order valence-corrected chi connectivity index (χ2v) is 14.8. The maximum Gasteiger partial charge on any atom is 0.328 e. The van der Waals surface area contributed by atoms with Crippen LogP contribution in [0.1, 0.15) is 37.3 Å². The Morgan fingerprint density at radius 3 is 1.95 bits per heavy atom. The fourth-order valence-corrected chi connectivity index (χ4v) is 7.59. The van der Waals surface area contributed by atoms with Gasteiger partial charge in [-0.2, -0.15) is 10.4 Å². The monoisotopic (exact) mass is 849 g/mol. The summed E-state index contributed by atoms with van der Waals surface area (Å²) in [6.07, 6.45) is 9.93. The molecule has 0 radical (unpaired) electrons. The van der Waals surface area contributed by atoms with E-state index in [1.54, 1.807) is 12.3 Å². The standard InChI is InChI=1S/C34H35N9OS.2C4H4O4/c1-41-17-19-42(20-18-41)24-10-12-25(13-11-24)43-34-31(33(36)38-22-39-34)32(40-43)23-8-14-26(15-9-23)44-28-5-4-6-29(27(28)21-35)45-30-7-2-3-16-37-30;2*5-3(6)1-2-4(7)8/h2-9,14-16,22,24-25H,10-13,17-20H2,1H3,(H2,36,38,39);2*1-2H,(H,5,6)(H,7,8)/b;2*2-1-. The molecule has 0 bridgehead atoms. The van der Waals surface area contributed by atoms with Gasteiger partial charge in [0.2, 0.25) is 0 Å². The van der Waals surface area contributed by atoms with Gasteiger partial charge in [-0.15, -0.1) is 0 Å². The third-order valence-corrected chi connectivity index (χ3v) is 10.6. The van der Waals surface area contributed by atoms with E-state index in [9.17, 15) is 24.4 Å². The smallest absolute Gasteiger partial charge is 0.328 e. The Kier molecular flexibility index (Phi) is 16.0. The van der Waals surface area contributed by atoms with Crippen LogP contribution in [0.5, 0.6) is 11.5 Å². The van der Waals surface area contributed by atoms with E-state index < -0.39 is 23.9 Å². The molecule has 2 aliphatic rings. The Balaban J connectivity index is 0.000000374. The molecule has 0 spiro atoms. The zero-order valence-corrected chi connectivity index (χ0v) is 33.8. The van der Waals surface area contributed by atoms with Gasteiger partial charge in [0.05, 0.1) is 11.4 Å². The molecule has 1 saturated heterocycles. The summed E-state index contributed by atoms with van der Waals surface area (Å²) in [6, 6.07) is 22.2. The molecule has 18 nitrogen and oxygen atoms in total. The molecule has 1 saturated carbocycles. The lowest BCUT2D eigenvalue weighted by Gasteiger charge is -2.41. The van der Waals surface area contributed by atoms with Gasteiger partial charge in [-0.25, -0.2) is 38.8 Å². The second kappa shape index (κ2) is 21.7. The van der Waals surface area contributed by atoms with Crippen LogP contribution in [-0.4, -0.2) is 118 Å². The van der Waals surface area contributed by atoms with Gasteiger partial charge >= 0.3 is 23.9 Å². The number of aromatic nitrogens is 5. The zero-order chi connectivity index (χ0) is 43.9. The Morgan fingerprint density at radius 2 is 1.39 bits per heavy atom. The number of anilines is 1. The minimum Gasteiger partial charge on any atom is -0.478 e. The van der Waals surface area contributed by atoms with Crippen molar-refractivity contribution in [3.8, 4) is 28.8 Å². The van der Waals surface area contributed by atoms with Crippen molar-refractivity contribution < 1.29 is 44.3 Å². The number of likely N-dealkylation sites (N-methyl/N-ethyl adjacent to an activating group) is 1. The number of carboxylic acid groups (broad SMARTS) is 4. The lowest BCUT2D eigenvalue weighted by atomic mass is 9.90. The molecule has 2 fully saturated rings. The van der Waals surface area contributed by atoms with E-state index in [0.717, 1.165) is 84.1 Å². The third kappa shape index (κ3) is 12.9. The molecule has 4 heterocycles. The van der Waals surface area contributed by atoms with Crippen molar-refractivity contribution in [2.75, 3.05) is 39.0 Å². The van der Waals surface area contributed by atoms with E-state index in [1.807, 2.05) is 54.6 Å². The van der Waals surface area contributed by atoms with Crippen molar-refractivity contribution in [1.82, 2.24) is 34.5 Å². The van der Waals surface area contributed by atoms with Crippen LogP contribution < -0.4 is 10.5 Å². The minimum absolute atomic E-state index is 0.266. The summed E-state index contributed by atoms with van der Waals surface area (Å²) in [7, 11) is 2.20. The maximum absolute atomic E-state index is 9.97. The number of fused-ring (bicyclic) bond motifs is 1. The summed E-state index contributed by atoms with van der Waals surface area (Å²) in [6.45, 7) is 4.59. The first kappa shape index (κ1) is 45.0. The quantitative estimate of drug-likeness (QED) is 0.104. The van der Waals surface area contributed by atoms with Crippen LogP contribution >= 0.6 is 11.8 Å². The van der Waals surface area contributed by atoms with Crippen LogP contribution in [0.4, 0.5) is 5.82 Å². The molecular weight excluding hydrogens is 807 g/mol. The van der Waals surface area contributed by atoms with E-state index >= 15 is 0 Å². The predicted octanol–water partition coefficient (Wildman–Crippen LogP) is 5.44. The molecule has 0 amide bonds. The molecular formula is C42H43N9O9S. The largest absolute Gasteiger partial charge is 0.478 e. The van der Waals surface area contributed by atoms with Crippen molar-refractivity contribution in [3.63, 3.8) is 0 Å². The molecule has 2 aromatic carbocycles. The van der Waals surface area contributed by atoms with Gasteiger partial charge in [-0.1, -0.05) is 23.9 Å². The molecule has 19 heteroatoms. The van der Waals surface area contributed by atoms with Crippen LogP contribution in [0.25, 0.3) is 22.3 Å². The highest BCUT2D eigenvalue weighted by Crippen LogP contribution is 2.39. The normalized spacial score (nSPS) is 16.8. The molecule has 7 rings (SSSR count). The van der Waals surface area contributed by atoms with Crippen LogP contribution in [0.2, 0.25) is 0 Å². The van der Waals surface area contributed by atoms with E-state index in [2.05, 4.69) is 42.6 Å². The van der Waals surface area contributed by atoms with E-state index in [1.165, 1.54) is 18.1 Å². The van der Waals surface area contributed by atoms with Gasteiger partial charge in [0.25, 0.3) is 0 Å². The number of carboxylic acids is 4. The summed E-state index contributed by atoms with van der Waals surface area (Å²) >= 11 is 1.43. The first-order valence-corrected chi connectivity index (χ1v) is 19.7. The average Bonchev–Trinajstić information content (AvgIpc) is 3.65. The van der Waals surface area contributed by atoms with Crippen LogP contribution in [-0.2, 0) is 19.2 Å². The summed E-state index contributed by atoms with van der Waals surface area (Å²) in [5.41, 5.74) is 9.34. The van der Waals surface area contributed by atoms with Crippen molar-refractivity contribution in [2.45, 2.75) is 47.7 Å². The molecule has 5 aromatic rings. The number of hydrogen-bond donors (Lipinski definition) is 5. The van der Waals surface area contributed by atoms with E-state index in [4.69, 9.17) is 36.0 Å². The highest BCUT2D eigenvalue weighted by atomic mass is 32.2. The fraction of sp³-hybridized carbons (Fsp3) is 0.262. The molecule has 0 unspecified atom stereocenters. The Morgan fingerprint density at radius 1 is 0.787 bits per heavy atom. The number of carbonyl (C=O) groups is 4. The molecule has 61 heavy (non-hydrogen) atoms. The van der Waals surface area contributed by atoms with Crippen molar-refractivity contribution >= 4 is 52.5 Å². The Hall–Kier alpha value is -7.14. The first-order valence-electron chi connectivity index (χ1n) is 18.9. The Bertz CT molecular complexity index is 2350. The van der Waals surface area contributed by atoms with Crippen LogP contribution in [0.3, 0.4) is 0 Å². The fourth-order valence-electron chi connectivity index (χ4n) is 6.71. The molecule has 0 atom stereocenters. The van der Waals surface area contributed by atoms with Crippen molar-refractivity contribution in [1.29, 1.82) is 5.26 Å². The number of benzene rings is 2. The van der Waals surface area contributed by atoms with Gasteiger partial charge in [0.15, 0.2) is 5.65 Å². The number of rotatable bonds is 11. The number of nitrogens with zero attached hydrogens (tertiary/aromatic N) is 8. The first-order chi connectivity index (χ1) is 29.3. The van der Waals surface area contributed by atoms with Crippen LogP contribution in [0, 0.1) is 11.3 Å². The highest BCUT2D eigenvalue weighted by Gasteiger charge is 2.30. The van der Waals surface area contributed by atoms with E-state index in [0.29, 0.717) is 53.2 Å². The lowest BCUT2D eigenvalue weighted by molar-refractivity contribution is -0.134. The summed E-state index contributed by atoms with van der Waals surface area (Å²) < 4.78 is 8.29. The number of piperazine rings is 1. The SMILES string of the molecule is CN1CCN(C2CCC(n3nc(-c4ccc(Oc5cccc(Sc6ccccn6)c5C#N)cc4)c4c(N)ncnc43)CC2)CC1.O=C(O)/C=C\C(=O)O.O=C(O)/C=C\C(=O)O. The third-order valence-electron chi connectivity index (χ3n) is 9.63. The highest BCUT2D eigenvalue weighted by molar-refractivity contribution is 7.99. The number of nitrogens with two attached hydrogens (primary N) is 1. The summed E-state index contributed by atoms with van der Waals surface area (Å²) in [4.78, 5) is 57.4. The van der Waals surface area contributed by atoms with Gasteiger partial charge in [0, 0.05) is 73.2 Å². The zero-order valence-electron chi connectivity index (χ0n) is 32.9. The van der Waals surface area contributed by atoms with Crippen molar-refractivity contribution in [2.24, 2.45) is 0 Å². The van der Waals surface area contributed by atoms with E-state index in [-0.39, 0.29) is 6.04 Å². The Labute approximate surface area is 354 Å². The summed E-state index contributed by atoms with van der Waals surface area (Å²) in [5.74, 6) is -3.50. The van der Waals surface area contributed by atoms with Crippen LogP contribution in [0.15, 0.2) is 107 Å².